The van der Waals surface area contributed by atoms with Crippen LogP contribution in [0.1, 0.15) is 0 Å². The largest absolute Gasteiger partial charge is 0.673 e. The summed E-state index contributed by atoms with van der Waals surface area (Å²) in [7, 11) is -6.36. The maximum atomic E-state index is 9.75. The molecule has 0 bridgehead atoms. The van der Waals surface area contributed by atoms with Crippen molar-refractivity contribution in [2.24, 2.45) is 0 Å². The predicted molar refractivity (Wildman–Crippen MR) is 45.7 cm³/mol. The molecule has 0 amide bonds. The summed E-state index contributed by atoms with van der Waals surface area (Å²) in [6.07, 6.45) is 6.55. The number of hydrogen-bond donors (Lipinski definition) is 0. The summed E-state index contributed by atoms with van der Waals surface area (Å²) >= 11 is 3.50. The zero-order valence-electron chi connectivity index (χ0n) is 6.00. The Balaban J connectivity index is 0. The number of halogens is 4. The Morgan fingerprint density at radius 2 is 1.00 bits per heavy atom. The molecule has 0 aliphatic rings. The summed E-state index contributed by atoms with van der Waals surface area (Å²) in [5, 5.41) is 0. The molecule has 0 fully saturated rings. The molecule has 0 aromatic heterocycles. The van der Waals surface area contributed by atoms with Crippen LogP contribution >= 0.6 is 9.06 Å². The first-order valence-corrected chi connectivity index (χ1v) is 6.38. The summed E-state index contributed by atoms with van der Waals surface area (Å²) in [5.74, 6) is 0. The van der Waals surface area contributed by atoms with Gasteiger partial charge in [-0.15, -0.1) is 0 Å². The lowest BCUT2D eigenvalue weighted by atomic mass is 10.3. The molecule has 0 aliphatic heterocycles. The molecule has 0 aromatic carbocycles. The third-order valence-corrected chi connectivity index (χ3v) is 0. The minimum Gasteiger partial charge on any atom is -0.418 e. The second-order valence-corrected chi connectivity index (χ2v) is 9.68. The highest BCUT2D eigenvalue weighted by Gasteiger charge is 2.20. The molecule has 0 atom stereocenters. The highest BCUT2D eigenvalue weighted by molar-refractivity contribution is 8.79. The summed E-state index contributed by atoms with van der Waals surface area (Å²) in [6.45, 7) is 0. The van der Waals surface area contributed by atoms with Crippen LogP contribution in [0.5, 0.6) is 0 Å². The first kappa shape index (κ1) is 13.1. The van der Waals surface area contributed by atoms with Crippen molar-refractivity contribution in [1.82, 2.24) is 0 Å². The Morgan fingerprint density at radius 1 is 1.00 bits per heavy atom. The lowest BCUT2D eigenvalue weighted by Crippen LogP contribution is -2.02. The summed E-state index contributed by atoms with van der Waals surface area (Å²) < 4.78 is 39.0. The normalized spacial score (nSPS) is 13.6. The van der Waals surface area contributed by atoms with Gasteiger partial charge >= 0.3 is 7.25 Å². The van der Waals surface area contributed by atoms with E-state index in [1.54, 1.807) is 0 Å². The van der Waals surface area contributed by atoms with Gasteiger partial charge in [0.15, 0.2) is 0 Å². The third kappa shape index (κ3) is 2020. The van der Waals surface area contributed by atoms with Crippen LogP contribution < -0.4 is 0 Å². The van der Waals surface area contributed by atoms with E-state index in [0.29, 0.717) is 0 Å². The van der Waals surface area contributed by atoms with E-state index in [4.69, 9.17) is 0 Å². The van der Waals surface area contributed by atoms with E-state index in [0.717, 1.165) is 0 Å². The van der Waals surface area contributed by atoms with Gasteiger partial charge in [-0.3, -0.25) is 0 Å². The van der Waals surface area contributed by atoms with Gasteiger partial charge in [-0.1, -0.05) is 9.06 Å². The second kappa shape index (κ2) is 4.38. The van der Waals surface area contributed by atoms with E-state index in [9.17, 15) is 17.3 Å². The molecule has 0 rings (SSSR count). The average molecular weight is 198 g/mol. The van der Waals surface area contributed by atoms with Crippen LogP contribution in [0.15, 0.2) is 0 Å². The van der Waals surface area contributed by atoms with Crippen molar-refractivity contribution in [2.45, 2.75) is 0 Å². The molecule has 0 heterocycles. The highest BCUT2D eigenvalue weighted by atomic mass is 33.1. The number of rotatable bonds is 0. The molecule has 0 N–H and O–H groups in total. The topological polar surface area (TPSA) is 0 Å². The molecular weight excluding hydrogens is 187 g/mol. The molecule has 0 radical (unpaired) electrons. The fourth-order valence-electron chi connectivity index (χ4n) is 0. The maximum Gasteiger partial charge on any atom is 0.673 e. The monoisotopic (exact) mass is 198 g/mol. The summed E-state index contributed by atoms with van der Waals surface area (Å²) in [4.78, 5) is 0. The van der Waals surface area contributed by atoms with Crippen molar-refractivity contribution in [1.29, 1.82) is 0 Å². The van der Waals surface area contributed by atoms with Crippen LogP contribution in [-0.4, -0.2) is 26.0 Å². The smallest absolute Gasteiger partial charge is 0.418 e. The molecule has 0 saturated carbocycles. The maximum absolute atomic E-state index is 9.75. The molecule has 0 nitrogen and oxygen atoms in total. The number of hydrogen-bond acceptors (Lipinski definition) is 0. The first-order valence-electron chi connectivity index (χ1n) is 2.30. The van der Waals surface area contributed by atoms with Crippen molar-refractivity contribution in [3.63, 3.8) is 0 Å². The van der Waals surface area contributed by atoms with E-state index in [1.807, 2.05) is 0 Å². The fourth-order valence-corrected chi connectivity index (χ4v) is 0. The van der Waals surface area contributed by atoms with Crippen molar-refractivity contribution in [3.8, 4) is 0 Å². The van der Waals surface area contributed by atoms with Gasteiger partial charge in [0, 0.05) is 30.4 Å². The molecule has 0 unspecified atom stereocenters. The molecule has 10 heavy (non-hydrogen) atoms. The van der Waals surface area contributed by atoms with Gasteiger partial charge in [0.2, 0.25) is 0 Å². The van der Waals surface area contributed by atoms with Crippen molar-refractivity contribution >= 4 is 28.0 Å². The molecular formula is C3H11BF4S2. The fraction of sp³-hybridized carbons (Fsp3) is 1.00. The lowest BCUT2D eigenvalue weighted by Gasteiger charge is -2.04. The predicted octanol–water partition coefficient (Wildman–Crippen LogP) is 1.91. The Morgan fingerprint density at radius 3 is 1.00 bits per heavy atom. The van der Waals surface area contributed by atoms with Crippen molar-refractivity contribution in [2.75, 3.05) is 18.8 Å². The Kier molecular flexibility index (Phi) is 5.74. The van der Waals surface area contributed by atoms with Gasteiger partial charge in [-0.2, -0.15) is 0 Å². The van der Waals surface area contributed by atoms with Crippen LogP contribution in [0.2, 0.25) is 0 Å². The van der Waals surface area contributed by atoms with Crippen LogP contribution in [0.3, 0.4) is 0 Å². The van der Waals surface area contributed by atoms with Crippen molar-refractivity contribution < 1.29 is 17.3 Å². The SMILES string of the molecule is CS(C)(C)[SH2+].F[B-](F)(F)F. The Hall–Kier alpha value is 0.485. The lowest BCUT2D eigenvalue weighted by molar-refractivity contribution is 0.368. The second-order valence-electron chi connectivity index (χ2n) is 2.33. The Bertz CT molecular complexity index is 61.5. The van der Waals surface area contributed by atoms with Crippen LogP contribution in [-0.2, 0) is 11.7 Å². The average Bonchev–Trinajstić information content (AvgIpc) is 1.12. The molecule has 66 valence electrons. The van der Waals surface area contributed by atoms with Gasteiger partial charge in [0.1, 0.15) is 0 Å². The zero-order valence-corrected chi connectivity index (χ0v) is 7.81. The van der Waals surface area contributed by atoms with Gasteiger partial charge in [0.05, 0.1) is 0 Å². The molecule has 0 spiro atoms. The van der Waals surface area contributed by atoms with Crippen molar-refractivity contribution in [3.05, 3.63) is 0 Å². The molecule has 0 saturated heterocycles. The van der Waals surface area contributed by atoms with Crippen LogP contribution in [0, 0.1) is 0 Å². The zero-order chi connectivity index (χ0) is 9.00. The van der Waals surface area contributed by atoms with Crippen LogP contribution in [0.25, 0.3) is 0 Å². The van der Waals surface area contributed by atoms with E-state index in [2.05, 4.69) is 30.4 Å². The quantitative estimate of drug-likeness (QED) is 0.241. The Labute approximate surface area is 64.6 Å². The van der Waals surface area contributed by atoms with E-state index >= 15 is 0 Å². The third-order valence-electron chi connectivity index (χ3n) is 0. The molecule has 0 aromatic rings. The summed E-state index contributed by atoms with van der Waals surface area (Å²) in [6, 6.07) is 0. The van der Waals surface area contributed by atoms with Gasteiger partial charge in [-0.25, -0.2) is 0 Å². The van der Waals surface area contributed by atoms with E-state index in [1.165, 1.54) is 0 Å². The van der Waals surface area contributed by atoms with E-state index in [-0.39, 0.29) is 9.06 Å². The van der Waals surface area contributed by atoms with Crippen LogP contribution in [0.4, 0.5) is 17.3 Å². The minimum atomic E-state index is -6.00. The van der Waals surface area contributed by atoms with Gasteiger partial charge < -0.3 is 17.3 Å². The van der Waals surface area contributed by atoms with Gasteiger partial charge in [-0.05, 0) is 0 Å². The standard InChI is InChI=1S/C3H10S2.BF4/c1-5(2,3)4;2-1(3,4)5/h4H,1-3H3;/q;-1/p+1. The van der Waals surface area contributed by atoms with Gasteiger partial charge in [0.25, 0.3) is 0 Å². The first-order chi connectivity index (χ1) is 4.00. The highest BCUT2D eigenvalue weighted by Crippen LogP contribution is 2.29. The minimum absolute atomic E-state index is 0.361. The molecule has 0 aliphatic carbocycles. The molecule has 7 heteroatoms. The summed E-state index contributed by atoms with van der Waals surface area (Å²) in [5.41, 5.74) is 0. The van der Waals surface area contributed by atoms with E-state index < -0.39 is 7.25 Å².